The molecular formula is C12H15N3O2S. The lowest BCUT2D eigenvalue weighted by atomic mass is 10.3. The zero-order chi connectivity index (χ0) is 13.0. The van der Waals surface area contributed by atoms with Crippen LogP contribution in [0.1, 0.15) is 12.8 Å². The number of hydrogen-bond acceptors (Lipinski definition) is 6. The van der Waals surface area contributed by atoms with E-state index in [2.05, 4.69) is 14.7 Å². The fourth-order valence-corrected chi connectivity index (χ4v) is 2.60. The third-order valence-electron chi connectivity index (χ3n) is 2.69. The summed E-state index contributed by atoms with van der Waals surface area (Å²) in [6, 6.07) is 1.98. The minimum absolute atomic E-state index is 0.174. The Hall–Kier alpha value is -1.69. The molecule has 0 saturated heterocycles. The van der Waals surface area contributed by atoms with E-state index < -0.39 is 0 Å². The highest BCUT2D eigenvalue weighted by atomic mass is 32.1. The highest BCUT2D eigenvalue weighted by Gasteiger charge is 2.10. The Balaban J connectivity index is 2.02. The van der Waals surface area contributed by atoms with Crippen molar-refractivity contribution in [1.82, 2.24) is 9.97 Å². The number of ether oxygens (including phenoxy) is 1. The average Bonchev–Trinajstić information content (AvgIpc) is 2.86. The van der Waals surface area contributed by atoms with Gasteiger partial charge in [-0.1, -0.05) is 0 Å². The van der Waals surface area contributed by atoms with Crippen LogP contribution < -0.4 is 4.90 Å². The minimum Gasteiger partial charge on any atom is -0.469 e. The number of rotatable bonds is 5. The highest BCUT2D eigenvalue weighted by Crippen LogP contribution is 2.27. The molecule has 0 fully saturated rings. The van der Waals surface area contributed by atoms with E-state index in [1.54, 1.807) is 17.7 Å². The molecule has 0 amide bonds. The fourth-order valence-electron chi connectivity index (χ4n) is 1.72. The van der Waals surface area contributed by atoms with E-state index in [1.165, 1.54) is 7.11 Å². The number of hydrogen-bond donors (Lipinski definition) is 0. The summed E-state index contributed by atoms with van der Waals surface area (Å²) in [6.45, 7) is 0.763. The van der Waals surface area contributed by atoms with Crippen LogP contribution in [0.4, 0.5) is 5.82 Å². The molecule has 0 aliphatic carbocycles. The van der Waals surface area contributed by atoms with Gasteiger partial charge in [0.2, 0.25) is 0 Å². The molecule has 0 N–H and O–H groups in total. The van der Waals surface area contributed by atoms with E-state index in [0.29, 0.717) is 6.42 Å². The number of nitrogens with zero attached hydrogens (tertiary/aromatic N) is 3. The van der Waals surface area contributed by atoms with Crippen LogP contribution in [-0.4, -0.2) is 36.6 Å². The Labute approximate surface area is 109 Å². The van der Waals surface area contributed by atoms with Crippen molar-refractivity contribution >= 4 is 33.3 Å². The summed E-state index contributed by atoms with van der Waals surface area (Å²) >= 11 is 1.63. The summed E-state index contributed by atoms with van der Waals surface area (Å²) in [5.41, 5.74) is 0.963. The quantitative estimate of drug-likeness (QED) is 0.775. The molecule has 96 valence electrons. The summed E-state index contributed by atoms with van der Waals surface area (Å²) in [4.78, 5) is 21.6. The van der Waals surface area contributed by atoms with Crippen LogP contribution in [-0.2, 0) is 9.53 Å². The molecule has 2 rings (SSSR count). The molecular weight excluding hydrogens is 250 g/mol. The van der Waals surface area contributed by atoms with E-state index in [9.17, 15) is 4.79 Å². The number of carbonyl (C=O) groups excluding carboxylic acids is 1. The fraction of sp³-hybridized carbons (Fsp3) is 0.417. The lowest BCUT2D eigenvalue weighted by molar-refractivity contribution is -0.140. The molecule has 0 unspecified atom stereocenters. The number of fused-ring (bicyclic) bond motifs is 1. The predicted octanol–water partition coefficient (Wildman–Crippen LogP) is 2.08. The summed E-state index contributed by atoms with van der Waals surface area (Å²) in [6.07, 6.45) is 2.75. The zero-order valence-electron chi connectivity index (χ0n) is 10.4. The molecule has 0 aliphatic rings. The van der Waals surface area contributed by atoms with Gasteiger partial charge in [0.15, 0.2) is 0 Å². The molecule has 0 radical (unpaired) electrons. The van der Waals surface area contributed by atoms with Crippen molar-refractivity contribution in [3.05, 3.63) is 17.8 Å². The van der Waals surface area contributed by atoms with Crippen LogP contribution in [0.25, 0.3) is 10.2 Å². The molecule has 0 aliphatic heterocycles. The molecule has 0 spiro atoms. The Morgan fingerprint density at radius 3 is 3.11 bits per heavy atom. The van der Waals surface area contributed by atoms with Crippen LogP contribution in [0.5, 0.6) is 0 Å². The monoisotopic (exact) mass is 265 g/mol. The van der Waals surface area contributed by atoms with Crippen LogP contribution in [0.2, 0.25) is 0 Å². The van der Waals surface area contributed by atoms with Crippen molar-refractivity contribution in [3.63, 3.8) is 0 Å². The third kappa shape index (κ3) is 2.76. The van der Waals surface area contributed by atoms with Crippen molar-refractivity contribution in [1.29, 1.82) is 0 Å². The van der Waals surface area contributed by atoms with Gasteiger partial charge >= 0.3 is 5.97 Å². The number of esters is 1. The minimum atomic E-state index is -0.174. The van der Waals surface area contributed by atoms with Crippen molar-refractivity contribution in [2.45, 2.75) is 12.8 Å². The predicted molar refractivity (Wildman–Crippen MR) is 71.9 cm³/mol. The molecule has 0 atom stereocenters. The number of carbonyl (C=O) groups is 1. The van der Waals surface area contributed by atoms with Gasteiger partial charge in [0.1, 0.15) is 12.1 Å². The molecule has 2 aromatic rings. The molecule has 6 heteroatoms. The maximum Gasteiger partial charge on any atom is 0.305 e. The van der Waals surface area contributed by atoms with E-state index in [4.69, 9.17) is 0 Å². The van der Waals surface area contributed by atoms with E-state index in [0.717, 1.165) is 29.0 Å². The number of aromatic nitrogens is 2. The first kappa shape index (κ1) is 12.8. The lowest BCUT2D eigenvalue weighted by Gasteiger charge is -2.17. The maximum absolute atomic E-state index is 11.0. The van der Waals surface area contributed by atoms with E-state index in [-0.39, 0.29) is 5.97 Å². The zero-order valence-corrected chi connectivity index (χ0v) is 11.2. The van der Waals surface area contributed by atoms with Crippen LogP contribution in [0.3, 0.4) is 0 Å². The van der Waals surface area contributed by atoms with Gasteiger partial charge in [-0.15, -0.1) is 11.3 Å². The van der Waals surface area contributed by atoms with Gasteiger partial charge in [-0.2, -0.15) is 0 Å². The van der Waals surface area contributed by atoms with Crippen molar-refractivity contribution in [2.75, 3.05) is 25.6 Å². The first-order valence-corrected chi connectivity index (χ1v) is 6.56. The maximum atomic E-state index is 11.0. The topological polar surface area (TPSA) is 55.3 Å². The SMILES string of the molecule is COC(=O)CCCN(C)c1ncnc2ccsc12. The van der Waals surface area contributed by atoms with Gasteiger partial charge in [-0.05, 0) is 17.9 Å². The standard InChI is InChI=1S/C12H15N3O2S/c1-15(6-3-4-10(16)17-2)12-11-9(5-7-18-11)13-8-14-12/h5,7-8H,3-4,6H2,1-2H3. The highest BCUT2D eigenvalue weighted by molar-refractivity contribution is 7.17. The second-order valence-corrected chi connectivity index (χ2v) is 4.85. The second-order valence-electron chi connectivity index (χ2n) is 3.93. The summed E-state index contributed by atoms with van der Waals surface area (Å²) in [5, 5.41) is 2.01. The Bertz CT molecular complexity index is 541. The average molecular weight is 265 g/mol. The van der Waals surface area contributed by atoms with Gasteiger partial charge in [0, 0.05) is 20.0 Å². The Morgan fingerprint density at radius 1 is 1.50 bits per heavy atom. The smallest absolute Gasteiger partial charge is 0.305 e. The summed E-state index contributed by atoms with van der Waals surface area (Å²) in [5.74, 6) is 0.743. The van der Waals surface area contributed by atoms with Crippen LogP contribution in [0.15, 0.2) is 17.8 Å². The normalized spacial score (nSPS) is 10.6. The summed E-state index contributed by atoms with van der Waals surface area (Å²) < 4.78 is 5.70. The molecule has 18 heavy (non-hydrogen) atoms. The third-order valence-corrected chi connectivity index (χ3v) is 3.59. The lowest BCUT2D eigenvalue weighted by Crippen LogP contribution is -2.20. The second kappa shape index (κ2) is 5.77. The van der Waals surface area contributed by atoms with E-state index in [1.807, 2.05) is 23.4 Å². The molecule has 0 saturated carbocycles. The Kier molecular flexibility index (Phi) is 4.09. The number of methoxy groups -OCH3 is 1. The first-order chi connectivity index (χ1) is 8.72. The first-order valence-electron chi connectivity index (χ1n) is 5.68. The molecule has 0 aromatic carbocycles. The van der Waals surface area contributed by atoms with Gasteiger partial charge in [-0.3, -0.25) is 4.79 Å². The van der Waals surface area contributed by atoms with Crippen LogP contribution in [0, 0.1) is 0 Å². The van der Waals surface area contributed by atoms with Gasteiger partial charge in [-0.25, -0.2) is 9.97 Å². The van der Waals surface area contributed by atoms with E-state index >= 15 is 0 Å². The largest absolute Gasteiger partial charge is 0.469 e. The molecule has 2 heterocycles. The van der Waals surface area contributed by atoms with Gasteiger partial charge in [0.05, 0.1) is 17.3 Å². The van der Waals surface area contributed by atoms with Crippen molar-refractivity contribution < 1.29 is 9.53 Å². The Morgan fingerprint density at radius 2 is 2.33 bits per heavy atom. The van der Waals surface area contributed by atoms with Gasteiger partial charge < -0.3 is 9.64 Å². The molecule has 2 aromatic heterocycles. The summed E-state index contributed by atoms with van der Waals surface area (Å²) in [7, 11) is 3.38. The number of anilines is 1. The van der Waals surface area contributed by atoms with Gasteiger partial charge in [0.25, 0.3) is 0 Å². The van der Waals surface area contributed by atoms with Crippen molar-refractivity contribution in [3.8, 4) is 0 Å². The van der Waals surface area contributed by atoms with Crippen LogP contribution >= 0.6 is 11.3 Å². The molecule has 0 bridgehead atoms. The van der Waals surface area contributed by atoms with Crippen molar-refractivity contribution in [2.24, 2.45) is 0 Å². The molecule has 5 nitrogen and oxygen atoms in total. The number of thiophene rings is 1.